The first-order valence-corrected chi connectivity index (χ1v) is 8.06. The van der Waals surface area contributed by atoms with Crippen molar-refractivity contribution in [3.05, 3.63) is 0 Å². The van der Waals surface area contributed by atoms with Gasteiger partial charge in [0.05, 0.1) is 6.61 Å². The van der Waals surface area contributed by atoms with Gasteiger partial charge in [-0.3, -0.25) is 4.79 Å². The lowest BCUT2D eigenvalue weighted by Gasteiger charge is -2.32. The Morgan fingerprint density at radius 2 is 2.14 bits per heavy atom. The van der Waals surface area contributed by atoms with Crippen LogP contribution in [0.1, 0.15) is 38.5 Å². The van der Waals surface area contributed by atoms with Gasteiger partial charge in [0, 0.05) is 58.5 Å². The molecular weight excluding hydrogens is 280 g/mol. The van der Waals surface area contributed by atoms with Gasteiger partial charge in [0.15, 0.2) is 5.66 Å². The van der Waals surface area contributed by atoms with Crippen molar-refractivity contribution in [1.29, 1.82) is 0 Å². The number of piperidine rings is 1. The normalized spacial score (nSPS) is 20.5. The highest BCUT2D eigenvalue weighted by molar-refractivity contribution is 5.76. The monoisotopic (exact) mass is 306 g/mol. The molecule has 0 spiro atoms. The van der Waals surface area contributed by atoms with Gasteiger partial charge in [-0.25, -0.2) is 0 Å². The van der Waals surface area contributed by atoms with Crippen LogP contribution in [0.25, 0.3) is 0 Å². The van der Waals surface area contributed by atoms with Gasteiger partial charge in [-0.15, -0.1) is 12.3 Å². The summed E-state index contributed by atoms with van der Waals surface area (Å²) in [6.07, 6.45) is 9.84. The van der Waals surface area contributed by atoms with E-state index in [2.05, 4.69) is 26.4 Å². The molecule has 1 saturated heterocycles. The second-order valence-electron chi connectivity index (χ2n) is 6.06. The molecule has 1 N–H and O–H groups in total. The van der Waals surface area contributed by atoms with E-state index >= 15 is 0 Å². The fourth-order valence-corrected chi connectivity index (χ4v) is 2.80. The summed E-state index contributed by atoms with van der Waals surface area (Å²) < 4.78 is 5.09. The summed E-state index contributed by atoms with van der Waals surface area (Å²) in [5, 5.41) is 11.3. The molecule has 2 rings (SSSR count). The Labute approximate surface area is 132 Å². The number of methoxy groups -OCH3 is 1. The van der Waals surface area contributed by atoms with Gasteiger partial charge in [-0.2, -0.15) is 10.2 Å². The van der Waals surface area contributed by atoms with Crippen LogP contribution in [0, 0.1) is 12.3 Å². The Morgan fingerprint density at radius 1 is 1.41 bits per heavy atom. The van der Waals surface area contributed by atoms with Crippen molar-refractivity contribution in [3.8, 4) is 12.3 Å². The van der Waals surface area contributed by atoms with E-state index in [-0.39, 0.29) is 11.6 Å². The van der Waals surface area contributed by atoms with E-state index in [1.54, 1.807) is 7.11 Å². The molecule has 0 aromatic rings. The molecule has 122 valence electrons. The van der Waals surface area contributed by atoms with Gasteiger partial charge in [0.1, 0.15) is 0 Å². The van der Waals surface area contributed by atoms with Crippen LogP contribution >= 0.6 is 0 Å². The minimum Gasteiger partial charge on any atom is -0.383 e. The summed E-state index contributed by atoms with van der Waals surface area (Å²) in [6, 6.07) is 0.293. The molecule has 0 aromatic heterocycles. The fourth-order valence-electron chi connectivity index (χ4n) is 2.80. The number of hydrogen-bond acceptors (Lipinski definition) is 5. The maximum Gasteiger partial charge on any atom is 0.220 e. The molecule has 0 unspecified atom stereocenters. The number of ether oxygens (including phenoxy) is 1. The van der Waals surface area contributed by atoms with Crippen LogP contribution in [-0.4, -0.2) is 55.9 Å². The van der Waals surface area contributed by atoms with Crippen LogP contribution in [0.15, 0.2) is 10.2 Å². The van der Waals surface area contributed by atoms with Crippen molar-refractivity contribution in [3.63, 3.8) is 0 Å². The Bertz CT molecular complexity index is 430. The molecule has 0 aromatic carbocycles. The lowest BCUT2D eigenvalue weighted by atomic mass is 10.0. The van der Waals surface area contributed by atoms with Gasteiger partial charge in [0.2, 0.25) is 5.91 Å². The first kappa shape index (κ1) is 16.9. The number of amides is 1. The first-order valence-electron chi connectivity index (χ1n) is 8.06. The van der Waals surface area contributed by atoms with E-state index in [0.717, 1.165) is 45.5 Å². The molecular formula is C16H26N4O2. The third kappa shape index (κ3) is 5.39. The van der Waals surface area contributed by atoms with E-state index in [1.807, 2.05) is 0 Å². The third-order valence-electron chi connectivity index (χ3n) is 4.37. The number of nitrogens with one attached hydrogen (secondary N) is 1. The van der Waals surface area contributed by atoms with Crippen molar-refractivity contribution in [2.45, 2.75) is 50.2 Å². The van der Waals surface area contributed by atoms with Gasteiger partial charge >= 0.3 is 0 Å². The second kappa shape index (κ2) is 8.25. The summed E-state index contributed by atoms with van der Waals surface area (Å²) in [5.74, 6) is 2.71. The van der Waals surface area contributed by atoms with Gasteiger partial charge in [-0.1, -0.05) is 0 Å². The van der Waals surface area contributed by atoms with Crippen LogP contribution in [0.4, 0.5) is 0 Å². The van der Waals surface area contributed by atoms with Crippen LogP contribution in [-0.2, 0) is 9.53 Å². The zero-order chi connectivity index (χ0) is 15.8. The van der Waals surface area contributed by atoms with E-state index < -0.39 is 0 Å². The zero-order valence-corrected chi connectivity index (χ0v) is 13.4. The molecule has 1 fully saturated rings. The number of carbonyl (C=O) groups is 1. The lowest BCUT2D eigenvalue weighted by molar-refractivity contribution is -0.122. The summed E-state index contributed by atoms with van der Waals surface area (Å²) in [4.78, 5) is 14.4. The molecule has 0 radical (unpaired) electrons. The first-order chi connectivity index (χ1) is 10.7. The van der Waals surface area contributed by atoms with Crippen LogP contribution < -0.4 is 5.32 Å². The minimum atomic E-state index is -0.354. The standard InChI is InChI=1S/C16H26N4O2/c1-3-4-8-16(18-19-16)9-5-15(21)17-14-6-10-20(11-7-14)12-13-22-2/h1,14H,4-13H2,2H3,(H,17,21). The predicted octanol–water partition coefficient (Wildman–Crippen LogP) is 1.57. The molecule has 0 saturated carbocycles. The minimum absolute atomic E-state index is 0.104. The average molecular weight is 306 g/mol. The van der Waals surface area contributed by atoms with Crippen LogP contribution in [0.2, 0.25) is 0 Å². The summed E-state index contributed by atoms with van der Waals surface area (Å²) in [7, 11) is 1.72. The van der Waals surface area contributed by atoms with Gasteiger partial charge in [0.25, 0.3) is 0 Å². The molecule has 0 bridgehead atoms. The Hall–Kier alpha value is -1.45. The maximum absolute atomic E-state index is 12.0. The largest absolute Gasteiger partial charge is 0.383 e. The van der Waals surface area contributed by atoms with Crippen LogP contribution in [0.5, 0.6) is 0 Å². The number of terminal acetylenes is 1. The molecule has 2 heterocycles. The lowest BCUT2D eigenvalue weighted by Crippen LogP contribution is -2.45. The molecule has 1 amide bonds. The third-order valence-corrected chi connectivity index (χ3v) is 4.37. The number of hydrogen-bond donors (Lipinski definition) is 1. The van der Waals surface area contributed by atoms with E-state index in [4.69, 9.17) is 11.2 Å². The number of rotatable bonds is 9. The molecule has 6 heteroatoms. The Balaban J connectivity index is 1.59. The van der Waals surface area contributed by atoms with E-state index in [9.17, 15) is 4.79 Å². The summed E-state index contributed by atoms with van der Waals surface area (Å²) >= 11 is 0. The van der Waals surface area contributed by atoms with Crippen molar-refractivity contribution in [2.24, 2.45) is 10.2 Å². The average Bonchev–Trinajstić information content (AvgIpc) is 3.31. The molecule has 0 aliphatic carbocycles. The summed E-state index contributed by atoms with van der Waals surface area (Å²) in [5.41, 5.74) is -0.354. The van der Waals surface area contributed by atoms with Crippen molar-refractivity contribution < 1.29 is 9.53 Å². The highest BCUT2D eigenvalue weighted by atomic mass is 16.5. The Kier molecular flexibility index (Phi) is 6.34. The van der Waals surface area contributed by atoms with E-state index in [0.29, 0.717) is 25.3 Å². The fraction of sp³-hybridized carbons (Fsp3) is 0.812. The Morgan fingerprint density at radius 3 is 2.73 bits per heavy atom. The molecule has 22 heavy (non-hydrogen) atoms. The number of nitrogens with zero attached hydrogens (tertiary/aromatic N) is 3. The topological polar surface area (TPSA) is 66.3 Å². The second-order valence-corrected chi connectivity index (χ2v) is 6.06. The quantitative estimate of drug-likeness (QED) is 0.658. The van der Waals surface area contributed by atoms with Crippen molar-refractivity contribution in [2.75, 3.05) is 33.4 Å². The van der Waals surface area contributed by atoms with Gasteiger partial charge < -0.3 is 15.0 Å². The molecule has 6 nitrogen and oxygen atoms in total. The van der Waals surface area contributed by atoms with Crippen molar-refractivity contribution >= 4 is 5.91 Å². The SMILES string of the molecule is C#CCCC1(CCC(=O)NC2CCN(CCOC)CC2)N=N1. The zero-order valence-electron chi connectivity index (χ0n) is 13.4. The van der Waals surface area contributed by atoms with Crippen molar-refractivity contribution in [1.82, 2.24) is 10.2 Å². The van der Waals surface area contributed by atoms with Crippen LogP contribution in [0.3, 0.4) is 0 Å². The maximum atomic E-state index is 12.0. The number of carbonyl (C=O) groups excluding carboxylic acids is 1. The molecule has 0 atom stereocenters. The van der Waals surface area contributed by atoms with E-state index in [1.165, 1.54) is 0 Å². The smallest absolute Gasteiger partial charge is 0.220 e. The summed E-state index contributed by atoms with van der Waals surface area (Å²) in [6.45, 7) is 3.78. The number of likely N-dealkylation sites (tertiary alicyclic amines) is 1. The highest BCUT2D eigenvalue weighted by Crippen LogP contribution is 2.37. The predicted molar refractivity (Wildman–Crippen MR) is 84.4 cm³/mol. The molecule has 2 aliphatic rings. The highest BCUT2D eigenvalue weighted by Gasteiger charge is 2.39. The van der Waals surface area contributed by atoms with Gasteiger partial charge in [-0.05, 0) is 12.8 Å². The molecule has 2 aliphatic heterocycles.